The third kappa shape index (κ3) is 4.44. The lowest BCUT2D eigenvalue weighted by Gasteiger charge is -2.26. The average Bonchev–Trinajstić information content (AvgIpc) is 3.02. The summed E-state index contributed by atoms with van der Waals surface area (Å²) in [5.41, 5.74) is 0.903. The first-order valence-electron chi connectivity index (χ1n) is 7.31. The molecule has 2 N–H and O–H groups in total. The number of amides is 2. The number of hydrogen-bond acceptors (Lipinski definition) is 5. The summed E-state index contributed by atoms with van der Waals surface area (Å²) in [6, 6.07) is 9.52. The van der Waals surface area contributed by atoms with Gasteiger partial charge in [0.25, 0.3) is 0 Å². The minimum Gasteiger partial charge on any atom is -0.447 e. The van der Waals surface area contributed by atoms with Crippen LogP contribution in [-0.2, 0) is 9.53 Å². The molecule has 0 saturated carbocycles. The maximum Gasteiger partial charge on any atom is 0.414 e. The summed E-state index contributed by atoms with van der Waals surface area (Å²) >= 11 is 0. The number of benzene rings is 1. The highest BCUT2D eigenvalue weighted by Crippen LogP contribution is 2.16. The van der Waals surface area contributed by atoms with Crippen LogP contribution >= 0.6 is 0 Å². The molecule has 0 bridgehead atoms. The SMILES string of the molecule is O=C(CO)N1CCNCC1.O=C1OCCN1c1ccccc1. The number of anilines is 1. The smallest absolute Gasteiger partial charge is 0.414 e. The van der Waals surface area contributed by atoms with Gasteiger partial charge in [-0.15, -0.1) is 0 Å². The summed E-state index contributed by atoms with van der Waals surface area (Å²) in [4.78, 5) is 25.2. The van der Waals surface area contributed by atoms with Crippen molar-refractivity contribution < 1.29 is 19.4 Å². The molecule has 2 aliphatic heterocycles. The number of nitrogens with one attached hydrogen (secondary N) is 1. The number of piperazine rings is 1. The number of para-hydroxylation sites is 1. The number of hydrogen-bond donors (Lipinski definition) is 2. The summed E-state index contributed by atoms with van der Waals surface area (Å²) in [5, 5.41) is 11.6. The van der Waals surface area contributed by atoms with Crippen molar-refractivity contribution in [2.75, 3.05) is 50.8 Å². The first kappa shape index (κ1) is 16.3. The predicted octanol–water partition coefficient (Wildman–Crippen LogP) is 0.0537. The molecule has 22 heavy (non-hydrogen) atoms. The van der Waals surface area contributed by atoms with Gasteiger partial charge >= 0.3 is 6.09 Å². The molecule has 2 saturated heterocycles. The Hall–Kier alpha value is -2.12. The van der Waals surface area contributed by atoms with Gasteiger partial charge in [0.1, 0.15) is 13.2 Å². The van der Waals surface area contributed by atoms with Gasteiger partial charge in [-0.1, -0.05) is 18.2 Å². The van der Waals surface area contributed by atoms with E-state index in [4.69, 9.17) is 9.84 Å². The molecule has 1 aromatic carbocycles. The van der Waals surface area contributed by atoms with E-state index in [1.807, 2.05) is 30.3 Å². The van der Waals surface area contributed by atoms with Gasteiger partial charge in [0.15, 0.2) is 0 Å². The van der Waals surface area contributed by atoms with Gasteiger partial charge in [-0.25, -0.2) is 4.79 Å². The maximum atomic E-state index is 11.1. The standard InChI is InChI=1S/C9H9NO2.C6H12N2O2/c11-9-10(6-7-12-9)8-4-2-1-3-5-8;9-5-6(10)8-3-1-7-2-4-8/h1-5H,6-7H2;7,9H,1-5H2. The Bertz CT molecular complexity index is 489. The van der Waals surface area contributed by atoms with E-state index in [1.54, 1.807) is 9.80 Å². The van der Waals surface area contributed by atoms with Crippen molar-refractivity contribution in [3.63, 3.8) is 0 Å². The highest BCUT2D eigenvalue weighted by atomic mass is 16.6. The molecule has 7 nitrogen and oxygen atoms in total. The first-order chi connectivity index (χ1) is 10.7. The molecule has 0 unspecified atom stereocenters. The van der Waals surface area contributed by atoms with Gasteiger partial charge in [0.05, 0.1) is 6.54 Å². The molecule has 2 amide bonds. The zero-order valence-corrected chi connectivity index (χ0v) is 12.4. The molecule has 120 valence electrons. The monoisotopic (exact) mass is 307 g/mol. The summed E-state index contributed by atoms with van der Waals surface area (Å²) in [5.74, 6) is -0.165. The van der Waals surface area contributed by atoms with Crippen molar-refractivity contribution in [3.05, 3.63) is 30.3 Å². The maximum absolute atomic E-state index is 11.1. The Morgan fingerprint density at radius 3 is 2.41 bits per heavy atom. The molecule has 0 atom stereocenters. The van der Waals surface area contributed by atoms with Gasteiger partial charge in [0.2, 0.25) is 5.91 Å². The van der Waals surface area contributed by atoms with Crippen molar-refractivity contribution in [1.29, 1.82) is 0 Å². The lowest BCUT2D eigenvalue weighted by Crippen LogP contribution is -2.47. The fourth-order valence-corrected chi connectivity index (χ4v) is 2.25. The van der Waals surface area contributed by atoms with E-state index in [-0.39, 0.29) is 18.6 Å². The second kappa shape index (κ2) is 8.35. The van der Waals surface area contributed by atoms with Crippen LogP contribution in [-0.4, -0.2) is 67.9 Å². The van der Waals surface area contributed by atoms with E-state index in [2.05, 4.69) is 5.32 Å². The summed E-state index contributed by atoms with van der Waals surface area (Å²) < 4.78 is 4.81. The van der Waals surface area contributed by atoms with Crippen LogP contribution in [0.5, 0.6) is 0 Å². The topological polar surface area (TPSA) is 82.1 Å². The van der Waals surface area contributed by atoms with Crippen molar-refractivity contribution in [2.24, 2.45) is 0 Å². The fraction of sp³-hybridized carbons (Fsp3) is 0.467. The van der Waals surface area contributed by atoms with Gasteiger partial charge < -0.3 is 20.1 Å². The number of carbonyl (C=O) groups excluding carboxylic acids is 2. The zero-order chi connectivity index (χ0) is 15.8. The highest BCUT2D eigenvalue weighted by molar-refractivity contribution is 5.89. The van der Waals surface area contributed by atoms with E-state index < -0.39 is 0 Å². The van der Waals surface area contributed by atoms with Crippen LogP contribution in [0.15, 0.2) is 30.3 Å². The third-order valence-corrected chi connectivity index (χ3v) is 3.43. The Morgan fingerprint density at radius 1 is 1.18 bits per heavy atom. The van der Waals surface area contributed by atoms with Crippen LogP contribution in [0, 0.1) is 0 Å². The van der Waals surface area contributed by atoms with Crippen molar-refractivity contribution in [1.82, 2.24) is 10.2 Å². The second-order valence-corrected chi connectivity index (χ2v) is 4.89. The Balaban J connectivity index is 0.000000164. The van der Waals surface area contributed by atoms with Gasteiger partial charge in [-0.3, -0.25) is 9.69 Å². The van der Waals surface area contributed by atoms with E-state index >= 15 is 0 Å². The van der Waals surface area contributed by atoms with E-state index in [0.717, 1.165) is 31.9 Å². The normalized spacial score (nSPS) is 17.6. The summed E-state index contributed by atoms with van der Waals surface area (Å²) in [6.45, 7) is 3.91. The predicted molar refractivity (Wildman–Crippen MR) is 81.7 cm³/mol. The highest BCUT2D eigenvalue weighted by Gasteiger charge is 2.22. The van der Waals surface area contributed by atoms with Crippen LogP contribution < -0.4 is 10.2 Å². The Labute approximate surface area is 129 Å². The van der Waals surface area contributed by atoms with Gasteiger partial charge in [-0.05, 0) is 12.1 Å². The number of aliphatic hydroxyl groups is 1. The van der Waals surface area contributed by atoms with Crippen molar-refractivity contribution in [2.45, 2.75) is 0 Å². The first-order valence-corrected chi connectivity index (χ1v) is 7.31. The molecule has 0 aromatic heterocycles. The quantitative estimate of drug-likeness (QED) is 0.807. The Morgan fingerprint density at radius 2 is 1.86 bits per heavy atom. The molecule has 3 rings (SSSR count). The van der Waals surface area contributed by atoms with Crippen LogP contribution in [0.25, 0.3) is 0 Å². The van der Waals surface area contributed by atoms with Crippen molar-refractivity contribution in [3.8, 4) is 0 Å². The number of cyclic esters (lactones) is 1. The largest absolute Gasteiger partial charge is 0.447 e. The molecule has 2 aliphatic rings. The molecule has 0 radical (unpaired) electrons. The molecule has 7 heteroatoms. The van der Waals surface area contributed by atoms with Crippen LogP contribution in [0.2, 0.25) is 0 Å². The van der Waals surface area contributed by atoms with Gasteiger partial charge in [-0.2, -0.15) is 0 Å². The van der Waals surface area contributed by atoms with Crippen LogP contribution in [0.3, 0.4) is 0 Å². The van der Waals surface area contributed by atoms with Crippen LogP contribution in [0.4, 0.5) is 10.5 Å². The second-order valence-electron chi connectivity index (χ2n) is 4.89. The van der Waals surface area contributed by atoms with E-state index in [0.29, 0.717) is 13.2 Å². The number of ether oxygens (including phenoxy) is 1. The lowest BCUT2D eigenvalue weighted by atomic mass is 10.3. The third-order valence-electron chi connectivity index (χ3n) is 3.43. The fourth-order valence-electron chi connectivity index (χ4n) is 2.25. The number of rotatable bonds is 2. The average molecular weight is 307 g/mol. The van der Waals surface area contributed by atoms with Crippen LogP contribution in [0.1, 0.15) is 0 Å². The number of carbonyl (C=O) groups is 2. The van der Waals surface area contributed by atoms with Crippen molar-refractivity contribution >= 4 is 17.7 Å². The van der Waals surface area contributed by atoms with Gasteiger partial charge in [0, 0.05) is 31.9 Å². The molecule has 0 aliphatic carbocycles. The lowest BCUT2D eigenvalue weighted by molar-refractivity contribution is -0.134. The zero-order valence-electron chi connectivity index (χ0n) is 12.4. The Kier molecular flexibility index (Phi) is 6.17. The minimum atomic E-state index is -0.361. The summed E-state index contributed by atoms with van der Waals surface area (Å²) in [6.07, 6.45) is -0.249. The molecule has 2 fully saturated rings. The number of aliphatic hydroxyl groups excluding tert-OH is 1. The van der Waals surface area contributed by atoms with E-state index in [1.165, 1.54) is 0 Å². The minimum absolute atomic E-state index is 0.165. The van der Waals surface area contributed by atoms with E-state index in [9.17, 15) is 9.59 Å². The molecule has 1 aromatic rings. The molecule has 2 heterocycles. The number of nitrogens with zero attached hydrogens (tertiary/aromatic N) is 2. The summed E-state index contributed by atoms with van der Waals surface area (Å²) in [7, 11) is 0. The molecule has 0 spiro atoms. The molecular weight excluding hydrogens is 286 g/mol. The molecular formula is C15H21N3O4.